The molecule has 0 spiro atoms. The fraction of sp³-hybridized carbons (Fsp3) is 0.923. The molecule has 0 aromatic heterocycles. The molecule has 0 heterocycles. The van der Waals surface area contributed by atoms with Crippen molar-refractivity contribution in [3.63, 3.8) is 0 Å². The predicted molar refractivity (Wildman–Crippen MR) is 66.7 cm³/mol. The van der Waals surface area contributed by atoms with Gasteiger partial charge in [0.25, 0.3) is 0 Å². The Morgan fingerprint density at radius 2 is 1.88 bits per heavy atom. The number of rotatable bonds is 5. The molecule has 1 rings (SSSR count). The molecule has 4 heteroatoms. The molecule has 1 fully saturated rings. The first-order valence-corrected chi connectivity index (χ1v) is 6.37. The van der Waals surface area contributed by atoms with E-state index in [1.165, 1.54) is 7.11 Å². The van der Waals surface area contributed by atoms with Crippen LogP contribution < -0.4 is 5.32 Å². The van der Waals surface area contributed by atoms with E-state index >= 15 is 0 Å². The van der Waals surface area contributed by atoms with E-state index in [0.29, 0.717) is 24.9 Å². The van der Waals surface area contributed by atoms with Gasteiger partial charge in [-0.15, -0.1) is 0 Å². The first-order chi connectivity index (χ1) is 7.87. The smallest absolute Gasteiger partial charge is 0.306 e. The Morgan fingerprint density at radius 3 is 2.41 bits per heavy atom. The van der Waals surface area contributed by atoms with Crippen molar-refractivity contribution in [1.29, 1.82) is 0 Å². The van der Waals surface area contributed by atoms with Crippen LogP contribution >= 0.6 is 0 Å². The summed E-state index contributed by atoms with van der Waals surface area (Å²) in [5, 5.41) is 13.5. The summed E-state index contributed by atoms with van der Waals surface area (Å²) in [6.07, 6.45) is 4.15. The van der Waals surface area contributed by atoms with Gasteiger partial charge in [-0.2, -0.15) is 0 Å². The number of methoxy groups -OCH3 is 1. The number of carbonyl (C=O) groups excluding carboxylic acids is 1. The lowest BCUT2D eigenvalue weighted by Gasteiger charge is -2.40. The summed E-state index contributed by atoms with van der Waals surface area (Å²) in [6.45, 7) is 5.63. The van der Waals surface area contributed by atoms with Crippen molar-refractivity contribution >= 4 is 5.97 Å². The zero-order chi connectivity index (χ0) is 12.9. The minimum atomic E-state index is -0.592. The van der Waals surface area contributed by atoms with E-state index in [1.54, 1.807) is 0 Å². The van der Waals surface area contributed by atoms with Gasteiger partial charge in [-0.05, 0) is 31.1 Å². The Balaban J connectivity index is 2.21. The molecule has 0 bridgehead atoms. The van der Waals surface area contributed by atoms with Gasteiger partial charge in [-0.1, -0.05) is 13.8 Å². The van der Waals surface area contributed by atoms with E-state index in [-0.39, 0.29) is 5.97 Å². The maximum Gasteiger partial charge on any atom is 0.306 e. The van der Waals surface area contributed by atoms with E-state index in [1.807, 2.05) is 0 Å². The molecule has 1 saturated carbocycles. The van der Waals surface area contributed by atoms with E-state index in [0.717, 1.165) is 25.7 Å². The first-order valence-electron chi connectivity index (χ1n) is 6.37. The van der Waals surface area contributed by atoms with Gasteiger partial charge in [0.05, 0.1) is 19.1 Å². The van der Waals surface area contributed by atoms with Crippen LogP contribution in [0.5, 0.6) is 0 Å². The fourth-order valence-electron chi connectivity index (χ4n) is 2.18. The predicted octanol–water partition coefficient (Wildman–Crippen LogP) is 1.47. The van der Waals surface area contributed by atoms with Crippen LogP contribution in [0.15, 0.2) is 0 Å². The van der Waals surface area contributed by atoms with Gasteiger partial charge >= 0.3 is 5.97 Å². The lowest BCUT2D eigenvalue weighted by molar-refractivity contribution is -0.140. The van der Waals surface area contributed by atoms with Crippen molar-refractivity contribution in [2.24, 2.45) is 5.41 Å². The van der Waals surface area contributed by atoms with E-state index in [4.69, 9.17) is 0 Å². The van der Waals surface area contributed by atoms with Crippen molar-refractivity contribution in [3.8, 4) is 0 Å². The molecule has 4 nitrogen and oxygen atoms in total. The average molecular weight is 243 g/mol. The van der Waals surface area contributed by atoms with Gasteiger partial charge in [0.2, 0.25) is 0 Å². The normalized spacial score (nSPS) is 22.1. The Kier molecular flexibility index (Phi) is 4.95. The SMILES string of the molecule is COC(=O)CCNCC1(O)CCC(C)(C)CC1. The second-order valence-corrected chi connectivity index (χ2v) is 5.89. The lowest BCUT2D eigenvalue weighted by atomic mass is 9.71. The number of hydrogen-bond acceptors (Lipinski definition) is 4. The molecule has 0 saturated heterocycles. The number of esters is 1. The van der Waals surface area contributed by atoms with Crippen LogP contribution in [-0.2, 0) is 9.53 Å². The molecule has 1 aliphatic carbocycles. The number of aliphatic hydroxyl groups is 1. The first kappa shape index (κ1) is 14.5. The fourth-order valence-corrected chi connectivity index (χ4v) is 2.18. The van der Waals surface area contributed by atoms with E-state index in [9.17, 15) is 9.90 Å². The molecule has 0 unspecified atom stereocenters. The molecule has 0 aromatic carbocycles. The van der Waals surface area contributed by atoms with E-state index < -0.39 is 5.60 Å². The maximum atomic E-state index is 10.9. The second kappa shape index (κ2) is 5.83. The minimum absolute atomic E-state index is 0.214. The zero-order valence-electron chi connectivity index (χ0n) is 11.2. The standard InChI is InChI=1S/C13H25NO3/c1-12(2)5-7-13(16,8-6-12)10-14-9-4-11(15)17-3/h14,16H,4-10H2,1-3H3. The van der Waals surface area contributed by atoms with Crippen LogP contribution in [0.3, 0.4) is 0 Å². The van der Waals surface area contributed by atoms with Gasteiger partial charge in [0, 0.05) is 13.1 Å². The third kappa shape index (κ3) is 5.04. The highest BCUT2D eigenvalue weighted by atomic mass is 16.5. The van der Waals surface area contributed by atoms with Gasteiger partial charge in [0.1, 0.15) is 0 Å². The largest absolute Gasteiger partial charge is 0.469 e. The molecule has 2 N–H and O–H groups in total. The monoisotopic (exact) mass is 243 g/mol. The summed E-state index contributed by atoms with van der Waals surface area (Å²) in [4.78, 5) is 10.9. The molecular formula is C13H25NO3. The van der Waals surface area contributed by atoms with E-state index in [2.05, 4.69) is 23.9 Å². The van der Waals surface area contributed by atoms with Gasteiger partial charge in [-0.3, -0.25) is 4.79 Å². The molecule has 0 atom stereocenters. The number of hydrogen-bond donors (Lipinski definition) is 2. The van der Waals surface area contributed by atoms with Crippen LogP contribution in [0.1, 0.15) is 46.0 Å². The highest BCUT2D eigenvalue weighted by Gasteiger charge is 2.36. The van der Waals surface area contributed by atoms with Gasteiger partial charge in [-0.25, -0.2) is 0 Å². The van der Waals surface area contributed by atoms with Gasteiger partial charge in [0.15, 0.2) is 0 Å². The third-order valence-corrected chi connectivity index (χ3v) is 3.72. The topological polar surface area (TPSA) is 58.6 Å². The molecule has 0 aliphatic heterocycles. The summed E-state index contributed by atoms with van der Waals surface area (Å²) in [5.41, 5.74) is -0.232. The minimum Gasteiger partial charge on any atom is -0.469 e. The van der Waals surface area contributed by atoms with Crippen molar-refractivity contribution in [1.82, 2.24) is 5.32 Å². The molecule has 17 heavy (non-hydrogen) atoms. The summed E-state index contributed by atoms with van der Waals surface area (Å²) >= 11 is 0. The summed E-state index contributed by atoms with van der Waals surface area (Å²) < 4.78 is 4.55. The Morgan fingerprint density at radius 1 is 1.29 bits per heavy atom. The second-order valence-electron chi connectivity index (χ2n) is 5.89. The summed E-state index contributed by atoms with van der Waals surface area (Å²) in [7, 11) is 1.39. The van der Waals surface area contributed by atoms with Crippen LogP contribution in [0.4, 0.5) is 0 Å². The quantitative estimate of drug-likeness (QED) is 0.567. The molecule has 0 radical (unpaired) electrons. The average Bonchev–Trinajstić information content (AvgIpc) is 2.29. The maximum absolute atomic E-state index is 10.9. The number of ether oxygens (including phenoxy) is 1. The third-order valence-electron chi connectivity index (χ3n) is 3.72. The van der Waals surface area contributed by atoms with Crippen molar-refractivity contribution in [3.05, 3.63) is 0 Å². The lowest BCUT2D eigenvalue weighted by Crippen LogP contribution is -2.45. The molecule has 100 valence electrons. The molecular weight excluding hydrogens is 218 g/mol. The van der Waals surface area contributed by atoms with Crippen LogP contribution in [0.25, 0.3) is 0 Å². The van der Waals surface area contributed by atoms with Crippen molar-refractivity contribution < 1.29 is 14.6 Å². The van der Waals surface area contributed by atoms with Crippen LogP contribution in [0.2, 0.25) is 0 Å². The molecule has 0 amide bonds. The van der Waals surface area contributed by atoms with Gasteiger partial charge < -0.3 is 15.2 Å². The highest BCUT2D eigenvalue weighted by molar-refractivity contribution is 5.69. The summed E-state index contributed by atoms with van der Waals surface area (Å²) in [6, 6.07) is 0. The Labute approximate surface area is 104 Å². The Bertz CT molecular complexity index is 253. The zero-order valence-corrected chi connectivity index (χ0v) is 11.2. The van der Waals surface area contributed by atoms with Crippen LogP contribution in [0, 0.1) is 5.41 Å². The van der Waals surface area contributed by atoms with Crippen LogP contribution in [-0.4, -0.2) is 36.9 Å². The Hall–Kier alpha value is -0.610. The highest BCUT2D eigenvalue weighted by Crippen LogP contribution is 2.39. The molecule has 1 aliphatic rings. The molecule has 0 aromatic rings. The summed E-state index contributed by atoms with van der Waals surface area (Å²) in [5.74, 6) is -0.214. The van der Waals surface area contributed by atoms with Crippen molar-refractivity contribution in [2.75, 3.05) is 20.2 Å². The van der Waals surface area contributed by atoms with Crippen molar-refractivity contribution in [2.45, 2.75) is 51.6 Å². The number of nitrogens with one attached hydrogen (secondary N) is 1. The number of carbonyl (C=O) groups is 1.